The van der Waals surface area contributed by atoms with Gasteiger partial charge in [-0.3, -0.25) is 5.43 Å². The molecule has 4 N–H and O–H groups in total. The number of nitrogens with one attached hydrogen (secondary N) is 1. The molecule has 100 valence electrons. The molecule has 1 aliphatic rings. The van der Waals surface area contributed by atoms with Gasteiger partial charge in [0, 0.05) is 13.1 Å². The maximum atomic E-state index is 9.57. The summed E-state index contributed by atoms with van der Waals surface area (Å²) in [6.07, 6.45) is 3.15. The molecule has 1 aromatic heterocycles. The highest BCUT2D eigenvalue weighted by Crippen LogP contribution is 2.29. The van der Waals surface area contributed by atoms with Crippen molar-refractivity contribution in [1.29, 1.82) is 0 Å². The first-order chi connectivity index (χ1) is 8.61. The van der Waals surface area contributed by atoms with Crippen molar-refractivity contribution in [2.45, 2.75) is 25.9 Å². The van der Waals surface area contributed by atoms with Crippen LogP contribution in [-0.2, 0) is 0 Å². The Bertz CT molecular complexity index is 406. The number of halogens is 1. The minimum atomic E-state index is -0.255. The van der Waals surface area contributed by atoms with Gasteiger partial charge in [-0.15, -0.1) is 0 Å². The number of anilines is 2. The summed E-state index contributed by atoms with van der Waals surface area (Å²) in [5.41, 5.74) is 2.41. The Hall–Kier alpha value is -1.11. The van der Waals surface area contributed by atoms with Gasteiger partial charge in [0.05, 0.1) is 12.3 Å². The molecule has 1 aliphatic heterocycles. The summed E-state index contributed by atoms with van der Waals surface area (Å²) in [6, 6.07) is 0. The van der Waals surface area contributed by atoms with E-state index in [9.17, 15) is 5.11 Å². The minimum Gasteiger partial charge on any atom is -0.393 e. The molecule has 6 nitrogen and oxygen atoms in total. The van der Waals surface area contributed by atoms with Gasteiger partial charge in [-0.1, -0.05) is 11.6 Å². The third-order valence-corrected chi connectivity index (χ3v) is 3.64. The second-order valence-electron chi connectivity index (χ2n) is 4.57. The van der Waals surface area contributed by atoms with Crippen LogP contribution in [0.4, 0.5) is 11.8 Å². The topological polar surface area (TPSA) is 87.3 Å². The van der Waals surface area contributed by atoms with Gasteiger partial charge in [-0.2, -0.15) is 4.98 Å². The molecule has 0 aromatic carbocycles. The van der Waals surface area contributed by atoms with Crippen molar-refractivity contribution in [3.05, 3.63) is 11.2 Å². The maximum Gasteiger partial charge on any atom is 0.239 e. The van der Waals surface area contributed by atoms with Gasteiger partial charge in [0.15, 0.2) is 5.82 Å². The van der Waals surface area contributed by atoms with E-state index in [1.807, 2.05) is 6.92 Å². The van der Waals surface area contributed by atoms with Gasteiger partial charge in [0.2, 0.25) is 5.95 Å². The molecule has 2 rings (SSSR count). The van der Waals surface area contributed by atoms with Gasteiger partial charge < -0.3 is 10.0 Å². The van der Waals surface area contributed by atoms with E-state index in [2.05, 4.69) is 20.3 Å². The van der Waals surface area contributed by atoms with Gasteiger partial charge in [0.1, 0.15) is 5.02 Å². The van der Waals surface area contributed by atoms with Crippen LogP contribution in [0.15, 0.2) is 6.20 Å². The fourth-order valence-corrected chi connectivity index (χ4v) is 2.45. The Labute approximate surface area is 111 Å². The van der Waals surface area contributed by atoms with E-state index in [1.54, 1.807) is 6.20 Å². The molecule has 18 heavy (non-hydrogen) atoms. The van der Waals surface area contributed by atoms with Crippen molar-refractivity contribution in [3.8, 4) is 0 Å². The van der Waals surface area contributed by atoms with E-state index in [0.29, 0.717) is 22.7 Å². The SMILES string of the molecule is CC(O)C1CCN(c2nc(NN)ncc2Cl)CC1. The monoisotopic (exact) mass is 271 g/mol. The number of aromatic nitrogens is 2. The van der Waals surface area contributed by atoms with Crippen molar-refractivity contribution in [2.75, 3.05) is 23.4 Å². The van der Waals surface area contributed by atoms with Crippen LogP contribution >= 0.6 is 11.6 Å². The molecule has 2 heterocycles. The Morgan fingerprint density at radius 2 is 2.22 bits per heavy atom. The van der Waals surface area contributed by atoms with Crippen molar-refractivity contribution >= 4 is 23.4 Å². The lowest BCUT2D eigenvalue weighted by Crippen LogP contribution is -2.37. The number of hydrogen-bond acceptors (Lipinski definition) is 6. The first-order valence-electron chi connectivity index (χ1n) is 6.04. The lowest BCUT2D eigenvalue weighted by Gasteiger charge is -2.34. The first kappa shape index (κ1) is 13.3. The van der Waals surface area contributed by atoms with Crippen LogP contribution in [0, 0.1) is 5.92 Å². The van der Waals surface area contributed by atoms with Crippen LogP contribution < -0.4 is 16.2 Å². The number of hydrogen-bond donors (Lipinski definition) is 3. The zero-order valence-electron chi connectivity index (χ0n) is 10.3. The highest BCUT2D eigenvalue weighted by molar-refractivity contribution is 6.32. The molecule has 0 spiro atoms. The third kappa shape index (κ3) is 2.82. The average Bonchev–Trinajstić information content (AvgIpc) is 2.39. The lowest BCUT2D eigenvalue weighted by molar-refractivity contribution is 0.110. The minimum absolute atomic E-state index is 0.255. The fraction of sp³-hybridized carbons (Fsp3) is 0.636. The summed E-state index contributed by atoms with van der Waals surface area (Å²) in [6.45, 7) is 3.50. The van der Waals surface area contributed by atoms with E-state index in [1.165, 1.54) is 0 Å². The van der Waals surface area contributed by atoms with Gasteiger partial charge in [0.25, 0.3) is 0 Å². The standard InChI is InChI=1S/C11H18ClN5O/c1-7(18)8-2-4-17(5-3-8)10-9(12)6-14-11(15-10)16-13/h6-8,18H,2-5,13H2,1H3,(H,14,15,16). The lowest BCUT2D eigenvalue weighted by atomic mass is 9.92. The van der Waals surface area contributed by atoms with Crippen LogP contribution in [-0.4, -0.2) is 34.3 Å². The number of nitrogen functional groups attached to an aromatic ring is 1. The Morgan fingerprint density at radius 3 is 2.78 bits per heavy atom. The molecule has 1 saturated heterocycles. The fourth-order valence-electron chi connectivity index (χ4n) is 2.24. The molecule has 1 fully saturated rings. The van der Waals surface area contributed by atoms with Crippen molar-refractivity contribution in [1.82, 2.24) is 9.97 Å². The van der Waals surface area contributed by atoms with E-state index in [4.69, 9.17) is 17.4 Å². The molecule has 0 bridgehead atoms. The number of aliphatic hydroxyl groups excluding tert-OH is 1. The molecule has 7 heteroatoms. The van der Waals surface area contributed by atoms with Crippen molar-refractivity contribution in [3.63, 3.8) is 0 Å². The Kier molecular flexibility index (Phi) is 4.21. The number of hydrazine groups is 1. The van der Waals surface area contributed by atoms with Crippen LogP contribution in [0.2, 0.25) is 5.02 Å². The number of piperidine rings is 1. The molecule has 0 radical (unpaired) electrons. The van der Waals surface area contributed by atoms with Crippen LogP contribution in [0.25, 0.3) is 0 Å². The number of rotatable bonds is 3. The average molecular weight is 272 g/mol. The van der Waals surface area contributed by atoms with E-state index < -0.39 is 0 Å². The van der Waals surface area contributed by atoms with Crippen LogP contribution in [0.3, 0.4) is 0 Å². The molecular weight excluding hydrogens is 254 g/mol. The van der Waals surface area contributed by atoms with Gasteiger partial charge in [-0.25, -0.2) is 10.8 Å². The highest BCUT2D eigenvalue weighted by Gasteiger charge is 2.24. The summed E-state index contributed by atoms with van der Waals surface area (Å²) < 4.78 is 0. The quantitative estimate of drug-likeness (QED) is 0.562. The largest absolute Gasteiger partial charge is 0.393 e. The van der Waals surface area contributed by atoms with Crippen molar-refractivity contribution in [2.24, 2.45) is 11.8 Å². The second-order valence-corrected chi connectivity index (χ2v) is 4.98. The number of nitrogens with zero attached hydrogens (tertiary/aromatic N) is 3. The summed E-state index contributed by atoms with van der Waals surface area (Å²) in [7, 11) is 0. The summed E-state index contributed by atoms with van der Waals surface area (Å²) in [5.74, 6) is 6.70. The van der Waals surface area contributed by atoms with E-state index in [-0.39, 0.29) is 6.10 Å². The van der Waals surface area contributed by atoms with Crippen molar-refractivity contribution < 1.29 is 5.11 Å². The molecular formula is C11H18ClN5O. The zero-order chi connectivity index (χ0) is 13.1. The number of aliphatic hydroxyl groups is 1. The summed E-state index contributed by atoms with van der Waals surface area (Å²) in [5, 5.41) is 10.1. The zero-order valence-corrected chi connectivity index (χ0v) is 11.1. The van der Waals surface area contributed by atoms with Gasteiger partial charge in [-0.05, 0) is 25.7 Å². The Morgan fingerprint density at radius 1 is 1.56 bits per heavy atom. The van der Waals surface area contributed by atoms with Crippen LogP contribution in [0.5, 0.6) is 0 Å². The van der Waals surface area contributed by atoms with E-state index in [0.717, 1.165) is 25.9 Å². The molecule has 1 unspecified atom stereocenters. The smallest absolute Gasteiger partial charge is 0.239 e. The summed E-state index contributed by atoms with van der Waals surface area (Å²) >= 11 is 6.10. The second kappa shape index (κ2) is 5.69. The molecule has 1 atom stereocenters. The molecule has 0 aliphatic carbocycles. The highest BCUT2D eigenvalue weighted by atomic mass is 35.5. The summed E-state index contributed by atoms with van der Waals surface area (Å²) in [4.78, 5) is 10.3. The third-order valence-electron chi connectivity index (χ3n) is 3.38. The number of nitrogens with two attached hydrogens (primary N) is 1. The first-order valence-corrected chi connectivity index (χ1v) is 6.41. The molecule has 0 amide bonds. The van der Waals surface area contributed by atoms with Gasteiger partial charge >= 0.3 is 0 Å². The molecule has 0 saturated carbocycles. The maximum absolute atomic E-state index is 9.57. The van der Waals surface area contributed by atoms with Crippen LogP contribution in [0.1, 0.15) is 19.8 Å². The molecule has 1 aromatic rings. The normalized spacial score (nSPS) is 18.8. The predicted octanol–water partition coefficient (Wildman–Crippen LogP) is 1.01. The Balaban J connectivity index is 2.09. The van der Waals surface area contributed by atoms with E-state index >= 15 is 0 Å². The predicted molar refractivity (Wildman–Crippen MR) is 71.5 cm³/mol.